The molecule has 0 heterocycles. The summed E-state index contributed by atoms with van der Waals surface area (Å²) in [6, 6.07) is 6.66. The molecule has 2 atom stereocenters. The number of benzene rings is 1. The van der Waals surface area contributed by atoms with Gasteiger partial charge in [-0.25, -0.2) is 4.39 Å². The van der Waals surface area contributed by atoms with E-state index in [0.717, 1.165) is 9.99 Å². The average Bonchev–Trinajstić information content (AvgIpc) is 2.25. The average molecular weight is 336 g/mol. The van der Waals surface area contributed by atoms with E-state index < -0.39 is 0 Å². The zero-order valence-electron chi connectivity index (χ0n) is 9.91. The van der Waals surface area contributed by atoms with Crippen LogP contribution in [0.3, 0.4) is 0 Å². The van der Waals surface area contributed by atoms with Gasteiger partial charge in [-0.05, 0) is 30.5 Å². The van der Waals surface area contributed by atoms with Crippen molar-refractivity contribution >= 4 is 22.6 Å². The lowest BCUT2D eigenvalue weighted by atomic mass is 10.1. The van der Waals surface area contributed by atoms with Crippen molar-refractivity contribution in [3.05, 3.63) is 35.6 Å². The Hall–Kier alpha value is -0.160. The molecule has 0 spiro atoms. The molecule has 0 aromatic heterocycles. The van der Waals surface area contributed by atoms with Crippen molar-refractivity contribution in [2.24, 2.45) is 5.92 Å². The fourth-order valence-electron chi connectivity index (χ4n) is 1.33. The summed E-state index contributed by atoms with van der Waals surface area (Å²) in [5, 5.41) is 0. The molecule has 0 radical (unpaired) electrons. The number of hydrogen-bond acceptors (Lipinski definition) is 1. The van der Waals surface area contributed by atoms with E-state index in [0.29, 0.717) is 5.92 Å². The van der Waals surface area contributed by atoms with Crippen molar-refractivity contribution in [3.8, 4) is 0 Å². The Bertz CT molecular complexity index is 327. The molecule has 0 bridgehead atoms. The van der Waals surface area contributed by atoms with E-state index in [9.17, 15) is 4.39 Å². The largest absolute Gasteiger partial charge is 0.370 e. The summed E-state index contributed by atoms with van der Waals surface area (Å²) in [6.07, 6.45) is 0.164. The summed E-state index contributed by atoms with van der Waals surface area (Å²) in [5.74, 6) is 0.271. The highest BCUT2D eigenvalue weighted by molar-refractivity contribution is 14.1. The Morgan fingerprint density at radius 2 is 2.00 bits per heavy atom. The maximum atomic E-state index is 13.1. The van der Waals surface area contributed by atoms with Gasteiger partial charge < -0.3 is 4.74 Å². The quantitative estimate of drug-likeness (QED) is 0.573. The first-order valence-corrected chi connectivity index (χ1v) is 7.04. The molecule has 90 valence electrons. The predicted molar refractivity (Wildman–Crippen MR) is 73.4 cm³/mol. The zero-order chi connectivity index (χ0) is 12.1. The van der Waals surface area contributed by atoms with Gasteiger partial charge in [0.15, 0.2) is 0 Å². The highest BCUT2D eigenvalue weighted by Crippen LogP contribution is 2.24. The molecule has 0 fully saturated rings. The highest BCUT2D eigenvalue weighted by Gasteiger charge is 2.16. The molecule has 1 nitrogen and oxygen atoms in total. The first kappa shape index (κ1) is 13.9. The lowest BCUT2D eigenvalue weighted by Crippen LogP contribution is -2.20. The minimum atomic E-state index is -0.201. The van der Waals surface area contributed by atoms with E-state index in [1.807, 2.05) is 6.07 Å². The van der Waals surface area contributed by atoms with Crippen LogP contribution in [0.5, 0.6) is 0 Å². The van der Waals surface area contributed by atoms with Gasteiger partial charge in [-0.2, -0.15) is 0 Å². The number of halogens is 2. The Kier molecular flexibility index (Phi) is 5.69. The first-order valence-electron chi connectivity index (χ1n) is 5.51. The molecule has 0 aliphatic rings. The smallest absolute Gasteiger partial charge is 0.123 e. The minimum absolute atomic E-state index is 0.0197. The van der Waals surface area contributed by atoms with Gasteiger partial charge >= 0.3 is 0 Å². The van der Waals surface area contributed by atoms with Gasteiger partial charge in [0.1, 0.15) is 5.82 Å². The molecular formula is C13H18FIO. The third kappa shape index (κ3) is 4.01. The second kappa shape index (κ2) is 6.55. The molecule has 0 saturated carbocycles. The standard InChI is InChI=1S/C13H18FIO/c1-9(2)10(3)16-13(8-15)11-5-4-6-12(14)7-11/h4-7,9-10,13H,8H2,1-3H3. The van der Waals surface area contributed by atoms with Crippen LogP contribution in [0.2, 0.25) is 0 Å². The molecule has 3 heteroatoms. The van der Waals surface area contributed by atoms with Crippen LogP contribution < -0.4 is 0 Å². The summed E-state index contributed by atoms with van der Waals surface area (Å²) in [4.78, 5) is 0. The van der Waals surface area contributed by atoms with Crippen molar-refractivity contribution in [2.45, 2.75) is 33.0 Å². The van der Waals surface area contributed by atoms with Crippen LogP contribution in [0.25, 0.3) is 0 Å². The van der Waals surface area contributed by atoms with E-state index in [1.165, 1.54) is 6.07 Å². The first-order chi connectivity index (χ1) is 7.54. The van der Waals surface area contributed by atoms with Crippen LogP contribution in [-0.4, -0.2) is 10.5 Å². The van der Waals surface area contributed by atoms with E-state index in [4.69, 9.17) is 4.74 Å². The molecule has 0 aliphatic heterocycles. The number of rotatable bonds is 5. The van der Waals surface area contributed by atoms with Crippen molar-refractivity contribution in [1.82, 2.24) is 0 Å². The van der Waals surface area contributed by atoms with Crippen molar-refractivity contribution < 1.29 is 9.13 Å². The number of ether oxygens (including phenoxy) is 1. The minimum Gasteiger partial charge on any atom is -0.370 e. The molecule has 0 aliphatic carbocycles. The van der Waals surface area contributed by atoms with E-state index in [2.05, 4.69) is 43.4 Å². The summed E-state index contributed by atoms with van der Waals surface area (Å²) in [6.45, 7) is 6.31. The fourth-order valence-corrected chi connectivity index (χ4v) is 2.04. The van der Waals surface area contributed by atoms with E-state index in [1.54, 1.807) is 12.1 Å². The molecule has 2 unspecified atom stereocenters. The maximum Gasteiger partial charge on any atom is 0.123 e. The third-order valence-corrected chi connectivity index (χ3v) is 3.48. The summed E-state index contributed by atoms with van der Waals surface area (Å²) in [7, 11) is 0. The lowest BCUT2D eigenvalue weighted by molar-refractivity contribution is -0.0135. The molecule has 0 amide bonds. The van der Waals surface area contributed by atoms with Crippen molar-refractivity contribution in [2.75, 3.05) is 4.43 Å². The SMILES string of the molecule is CC(C)C(C)OC(CI)c1cccc(F)c1. The Morgan fingerprint density at radius 3 is 2.50 bits per heavy atom. The van der Waals surface area contributed by atoms with Gasteiger partial charge in [0.25, 0.3) is 0 Å². The van der Waals surface area contributed by atoms with Gasteiger partial charge in [-0.3, -0.25) is 0 Å². The zero-order valence-corrected chi connectivity index (χ0v) is 12.1. The normalized spacial score (nSPS) is 15.1. The molecule has 1 rings (SSSR count). The van der Waals surface area contributed by atoms with E-state index >= 15 is 0 Å². The Morgan fingerprint density at radius 1 is 1.31 bits per heavy atom. The van der Waals surface area contributed by atoms with Crippen LogP contribution in [0, 0.1) is 11.7 Å². The number of hydrogen-bond donors (Lipinski definition) is 0. The monoisotopic (exact) mass is 336 g/mol. The van der Waals surface area contributed by atoms with Gasteiger partial charge in [0, 0.05) is 4.43 Å². The predicted octanol–water partition coefficient (Wildman–Crippen LogP) is 4.36. The Balaban J connectivity index is 2.74. The van der Waals surface area contributed by atoms with Crippen LogP contribution in [0.15, 0.2) is 24.3 Å². The van der Waals surface area contributed by atoms with Crippen LogP contribution >= 0.6 is 22.6 Å². The molecule has 0 N–H and O–H groups in total. The summed E-state index contributed by atoms with van der Waals surface area (Å²) in [5.41, 5.74) is 0.918. The second-order valence-electron chi connectivity index (χ2n) is 4.28. The highest BCUT2D eigenvalue weighted by atomic mass is 127. The van der Waals surface area contributed by atoms with E-state index in [-0.39, 0.29) is 18.0 Å². The topological polar surface area (TPSA) is 9.23 Å². The summed E-state index contributed by atoms with van der Waals surface area (Å²) < 4.78 is 19.9. The molecule has 1 aromatic rings. The Labute approximate surface area is 111 Å². The van der Waals surface area contributed by atoms with Crippen LogP contribution in [0.1, 0.15) is 32.4 Å². The molecule has 0 saturated heterocycles. The van der Waals surface area contributed by atoms with Crippen LogP contribution in [-0.2, 0) is 4.74 Å². The van der Waals surface area contributed by atoms with Gasteiger partial charge in [0.2, 0.25) is 0 Å². The van der Waals surface area contributed by atoms with Gasteiger partial charge in [-0.15, -0.1) is 0 Å². The number of alkyl halides is 1. The summed E-state index contributed by atoms with van der Waals surface area (Å²) >= 11 is 2.27. The molecular weight excluding hydrogens is 318 g/mol. The van der Waals surface area contributed by atoms with Gasteiger partial charge in [0.05, 0.1) is 12.2 Å². The molecule has 1 aromatic carbocycles. The second-order valence-corrected chi connectivity index (χ2v) is 5.16. The lowest BCUT2D eigenvalue weighted by Gasteiger charge is -2.23. The van der Waals surface area contributed by atoms with Gasteiger partial charge in [-0.1, -0.05) is 48.6 Å². The van der Waals surface area contributed by atoms with Crippen molar-refractivity contribution in [1.29, 1.82) is 0 Å². The molecule has 16 heavy (non-hydrogen) atoms. The van der Waals surface area contributed by atoms with Crippen molar-refractivity contribution in [3.63, 3.8) is 0 Å². The third-order valence-electron chi connectivity index (χ3n) is 2.68. The van der Waals surface area contributed by atoms with Crippen LogP contribution in [0.4, 0.5) is 4.39 Å². The maximum absolute atomic E-state index is 13.1. The fraction of sp³-hybridized carbons (Fsp3) is 0.538.